The third-order valence-corrected chi connectivity index (χ3v) is 4.15. The zero-order valence-electron chi connectivity index (χ0n) is 13.0. The molecule has 1 amide bonds. The summed E-state index contributed by atoms with van der Waals surface area (Å²) in [7, 11) is 0. The van der Waals surface area contributed by atoms with Crippen LogP contribution in [0.3, 0.4) is 0 Å². The van der Waals surface area contributed by atoms with Crippen LogP contribution in [-0.2, 0) is 0 Å². The van der Waals surface area contributed by atoms with Crippen LogP contribution in [0.5, 0.6) is 5.75 Å². The monoisotopic (exact) mass is 306 g/mol. The van der Waals surface area contributed by atoms with E-state index in [2.05, 4.69) is 12.2 Å². The van der Waals surface area contributed by atoms with Gasteiger partial charge in [0.1, 0.15) is 0 Å². The molecule has 0 radical (unpaired) electrons. The summed E-state index contributed by atoms with van der Waals surface area (Å²) >= 11 is 0. The van der Waals surface area contributed by atoms with E-state index in [1.165, 1.54) is 18.6 Å². The molecule has 6 nitrogen and oxygen atoms in total. The molecule has 0 heterocycles. The Hall–Kier alpha value is -2.11. The lowest BCUT2D eigenvalue weighted by molar-refractivity contribution is -0.385. The lowest BCUT2D eigenvalue weighted by Crippen LogP contribution is -2.41. The minimum Gasteiger partial charge on any atom is -0.487 e. The van der Waals surface area contributed by atoms with Crippen LogP contribution in [0.2, 0.25) is 0 Å². The summed E-state index contributed by atoms with van der Waals surface area (Å²) in [4.78, 5) is 22.9. The van der Waals surface area contributed by atoms with Crippen LogP contribution in [0, 0.1) is 16.0 Å². The first kappa shape index (κ1) is 16.3. The molecule has 1 aliphatic rings. The molecular weight excluding hydrogens is 284 g/mol. The van der Waals surface area contributed by atoms with E-state index < -0.39 is 4.92 Å². The third-order valence-electron chi connectivity index (χ3n) is 4.15. The Bertz CT molecular complexity index is 559. The van der Waals surface area contributed by atoms with Crippen molar-refractivity contribution >= 4 is 11.6 Å². The number of nitrogens with one attached hydrogen (secondary N) is 1. The Balaban J connectivity index is 2.15. The number of amides is 1. The van der Waals surface area contributed by atoms with Crippen molar-refractivity contribution in [3.05, 3.63) is 33.9 Å². The molecular formula is C16H22N2O4. The van der Waals surface area contributed by atoms with E-state index in [4.69, 9.17) is 4.74 Å². The van der Waals surface area contributed by atoms with Gasteiger partial charge in [-0.3, -0.25) is 14.9 Å². The van der Waals surface area contributed by atoms with Gasteiger partial charge in [-0.2, -0.15) is 0 Å². The number of rotatable bonds is 5. The summed E-state index contributed by atoms with van der Waals surface area (Å²) in [5, 5.41) is 14.1. The van der Waals surface area contributed by atoms with Crippen LogP contribution < -0.4 is 10.1 Å². The second kappa shape index (κ2) is 7.24. The van der Waals surface area contributed by atoms with Gasteiger partial charge in [0.15, 0.2) is 5.75 Å². The number of nitrogens with zero attached hydrogens (tertiary/aromatic N) is 1. The largest absolute Gasteiger partial charge is 0.487 e. The van der Waals surface area contributed by atoms with E-state index in [1.54, 1.807) is 13.0 Å². The second-order valence-corrected chi connectivity index (χ2v) is 5.71. The van der Waals surface area contributed by atoms with Crippen molar-refractivity contribution in [1.29, 1.82) is 0 Å². The maximum Gasteiger partial charge on any atom is 0.311 e. The van der Waals surface area contributed by atoms with Gasteiger partial charge in [-0.25, -0.2) is 0 Å². The Morgan fingerprint density at radius 1 is 1.41 bits per heavy atom. The molecule has 0 saturated heterocycles. The van der Waals surface area contributed by atoms with Gasteiger partial charge >= 0.3 is 5.69 Å². The van der Waals surface area contributed by atoms with Gasteiger partial charge in [-0.15, -0.1) is 0 Å². The first-order valence-corrected chi connectivity index (χ1v) is 7.75. The normalized spacial score (nSPS) is 21.2. The number of hydrogen-bond donors (Lipinski definition) is 1. The Kier molecular flexibility index (Phi) is 5.35. The summed E-state index contributed by atoms with van der Waals surface area (Å²) in [5.74, 6) is 0.371. The minimum absolute atomic E-state index is 0.145. The molecule has 1 aromatic rings. The first-order chi connectivity index (χ1) is 10.5. The summed E-state index contributed by atoms with van der Waals surface area (Å²) in [6.07, 6.45) is 4.38. The predicted octanol–water partition coefficient (Wildman–Crippen LogP) is 3.30. The molecule has 0 aliphatic heterocycles. The van der Waals surface area contributed by atoms with Crippen molar-refractivity contribution in [2.75, 3.05) is 6.61 Å². The molecule has 0 unspecified atom stereocenters. The molecule has 1 aromatic carbocycles. The smallest absolute Gasteiger partial charge is 0.311 e. The molecule has 1 aliphatic carbocycles. The molecule has 1 saturated carbocycles. The fourth-order valence-electron chi connectivity index (χ4n) is 2.86. The van der Waals surface area contributed by atoms with Crippen molar-refractivity contribution in [2.45, 2.75) is 45.6 Å². The van der Waals surface area contributed by atoms with Gasteiger partial charge in [0.2, 0.25) is 0 Å². The van der Waals surface area contributed by atoms with Crippen LogP contribution in [0.4, 0.5) is 5.69 Å². The topological polar surface area (TPSA) is 81.5 Å². The summed E-state index contributed by atoms with van der Waals surface area (Å²) < 4.78 is 5.23. The van der Waals surface area contributed by atoms with Gasteiger partial charge in [0.05, 0.1) is 11.5 Å². The quantitative estimate of drug-likeness (QED) is 0.668. The summed E-state index contributed by atoms with van der Waals surface area (Å²) in [5.41, 5.74) is 0.124. The van der Waals surface area contributed by atoms with Crippen LogP contribution in [0.25, 0.3) is 0 Å². The molecule has 120 valence electrons. The number of carbonyl (C=O) groups excluding carboxylic acids is 1. The van der Waals surface area contributed by atoms with Gasteiger partial charge in [0, 0.05) is 17.7 Å². The van der Waals surface area contributed by atoms with E-state index in [1.807, 2.05) is 0 Å². The maximum absolute atomic E-state index is 12.3. The highest BCUT2D eigenvalue weighted by Gasteiger charge is 2.24. The van der Waals surface area contributed by atoms with Crippen LogP contribution in [0.1, 0.15) is 49.9 Å². The van der Waals surface area contributed by atoms with Crippen molar-refractivity contribution in [2.24, 2.45) is 5.92 Å². The molecule has 0 aromatic heterocycles. The Morgan fingerprint density at radius 3 is 2.77 bits per heavy atom. The van der Waals surface area contributed by atoms with Gasteiger partial charge in [0.25, 0.3) is 5.91 Å². The standard InChI is InChI=1S/C16H22N2O4/c1-3-22-15-9-8-12(10-14(15)18(20)21)16(19)17-13-7-5-4-6-11(13)2/h8-11,13H,3-7H2,1-2H3,(H,17,19)/t11-,13+/m0/s1. The number of ether oxygens (including phenoxy) is 1. The molecule has 0 spiro atoms. The first-order valence-electron chi connectivity index (χ1n) is 7.75. The number of hydrogen-bond acceptors (Lipinski definition) is 4. The van der Waals surface area contributed by atoms with E-state index >= 15 is 0 Å². The van der Waals surface area contributed by atoms with Crippen molar-refractivity contribution in [1.82, 2.24) is 5.32 Å². The van der Waals surface area contributed by atoms with Crippen molar-refractivity contribution < 1.29 is 14.5 Å². The molecule has 6 heteroatoms. The van der Waals surface area contributed by atoms with E-state index in [0.29, 0.717) is 18.1 Å². The second-order valence-electron chi connectivity index (χ2n) is 5.71. The molecule has 2 rings (SSSR count). The van der Waals surface area contributed by atoms with Gasteiger partial charge < -0.3 is 10.1 Å². The van der Waals surface area contributed by atoms with Crippen LogP contribution >= 0.6 is 0 Å². The minimum atomic E-state index is -0.523. The van der Waals surface area contributed by atoms with E-state index in [0.717, 1.165) is 19.3 Å². The molecule has 1 N–H and O–H groups in total. The SMILES string of the molecule is CCOc1ccc(C(=O)N[C@@H]2CCCC[C@@H]2C)cc1[N+](=O)[O-]. The number of nitro benzene ring substituents is 1. The van der Waals surface area contributed by atoms with Crippen LogP contribution in [0.15, 0.2) is 18.2 Å². The molecule has 0 bridgehead atoms. The highest BCUT2D eigenvalue weighted by Crippen LogP contribution is 2.29. The zero-order valence-corrected chi connectivity index (χ0v) is 13.0. The predicted molar refractivity (Wildman–Crippen MR) is 83.2 cm³/mol. The molecule has 22 heavy (non-hydrogen) atoms. The zero-order chi connectivity index (χ0) is 16.1. The van der Waals surface area contributed by atoms with E-state index in [9.17, 15) is 14.9 Å². The molecule has 1 fully saturated rings. The highest BCUT2D eigenvalue weighted by atomic mass is 16.6. The maximum atomic E-state index is 12.3. The third kappa shape index (κ3) is 3.75. The number of nitro groups is 1. The van der Waals surface area contributed by atoms with E-state index in [-0.39, 0.29) is 23.4 Å². The van der Waals surface area contributed by atoms with Crippen molar-refractivity contribution in [3.63, 3.8) is 0 Å². The number of benzene rings is 1. The summed E-state index contributed by atoms with van der Waals surface area (Å²) in [6, 6.07) is 4.49. The fourth-order valence-corrected chi connectivity index (χ4v) is 2.86. The fraction of sp³-hybridized carbons (Fsp3) is 0.562. The average Bonchev–Trinajstić information content (AvgIpc) is 2.50. The van der Waals surface area contributed by atoms with Gasteiger partial charge in [-0.1, -0.05) is 19.8 Å². The van der Waals surface area contributed by atoms with Crippen molar-refractivity contribution in [3.8, 4) is 5.75 Å². The Morgan fingerprint density at radius 2 is 2.14 bits per heavy atom. The number of carbonyl (C=O) groups is 1. The summed E-state index contributed by atoms with van der Waals surface area (Å²) in [6.45, 7) is 4.23. The van der Waals surface area contributed by atoms with Gasteiger partial charge in [-0.05, 0) is 37.8 Å². The Labute approximate surface area is 130 Å². The molecule has 2 atom stereocenters. The highest BCUT2D eigenvalue weighted by molar-refractivity contribution is 5.95. The lowest BCUT2D eigenvalue weighted by atomic mass is 9.86. The average molecular weight is 306 g/mol. The lowest BCUT2D eigenvalue weighted by Gasteiger charge is -2.29. The van der Waals surface area contributed by atoms with Crippen LogP contribution in [-0.4, -0.2) is 23.5 Å².